The molecule has 0 unspecified atom stereocenters. The van der Waals surface area contributed by atoms with Gasteiger partial charge in [-0.1, -0.05) is 12.1 Å². The predicted octanol–water partition coefficient (Wildman–Crippen LogP) is 2.46. The first-order valence-electron chi connectivity index (χ1n) is 6.50. The Morgan fingerprint density at radius 2 is 1.82 bits per heavy atom. The molecule has 2 rings (SSSR count). The highest BCUT2D eigenvalue weighted by atomic mass is 32.2. The minimum atomic E-state index is -3.53. The maximum atomic E-state index is 12.3. The van der Waals surface area contributed by atoms with Gasteiger partial charge in [0.15, 0.2) is 0 Å². The van der Waals surface area contributed by atoms with Crippen LogP contribution in [0.2, 0.25) is 0 Å². The standard InChI is InChI=1S/C14H16N2O5S/c1-11-3-8-14(21-11)9-15(2)22(19,20)10-12-4-6-13(7-5-12)16(17)18/h3-8H,9-10H2,1-2H3. The van der Waals surface area contributed by atoms with Crippen LogP contribution in [-0.2, 0) is 22.3 Å². The molecule has 0 bridgehead atoms. The molecule has 1 heterocycles. The number of aryl methyl sites for hydroxylation is 1. The van der Waals surface area contributed by atoms with E-state index in [0.717, 1.165) is 5.76 Å². The van der Waals surface area contributed by atoms with Gasteiger partial charge in [-0.3, -0.25) is 10.1 Å². The molecular weight excluding hydrogens is 308 g/mol. The van der Waals surface area contributed by atoms with Crippen molar-refractivity contribution >= 4 is 15.7 Å². The highest BCUT2D eigenvalue weighted by molar-refractivity contribution is 7.88. The van der Waals surface area contributed by atoms with Gasteiger partial charge in [0.1, 0.15) is 11.5 Å². The Morgan fingerprint density at radius 1 is 1.18 bits per heavy atom. The number of sulfonamides is 1. The molecule has 118 valence electrons. The highest BCUT2D eigenvalue weighted by Crippen LogP contribution is 2.17. The maximum absolute atomic E-state index is 12.3. The van der Waals surface area contributed by atoms with Gasteiger partial charge in [-0.15, -0.1) is 0 Å². The first-order chi connectivity index (χ1) is 10.3. The van der Waals surface area contributed by atoms with Gasteiger partial charge in [-0.25, -0.2) is 8.42 Å². The summed E-state index contributed by atoms with van der Waals surface area (Å²) in [5.41, 5.74) is 0.425. The van der Waals surface area contributed by atoms with Gasteiger partial charge >= 0.3 is 0 Å². The molecule has 22 heavy (non-hydrogen) atoms. The normalized spacial score (nSPS) is 11.8. The number of nitrogens with zero attached hydrogens (tertiary/aromatic N) is 2. The molecule has 2 aromatic rings. The monoisotopic (exact) mass is 324 g/mol. The molecular formula is C14H16N2O5S. The van der Waals surface area contributed by atoms with Crippen LogP contribution in [0.5, 0.6) is 0 Å². The lowest BCUT2D eigenvalue weighted by Gasteiger charge is -2.15. The lowest BCUT2D eigenvalue weighted by molar-refractivity contribution is -0.384. The van der Waals surface area contributed by atoms with E-state index in [1.165, 1.54) is 35.6 Å². The number of nitro benzene ring substituents is 1. The summed E-state index contributed by atoms with van der Waals surface area (Å²) in [6.07, 6.45) is 0. The first-order valence-corrected chi connectivity index (χ1v) is 8.11. The summed E-state index contributed by atoms with van der Waals surface area (Å²) in [7, 11) is -2.06. The largest absolute Gasteiger partial charge is 0.465 e. The summed E-state index contributed by atoms with van der Waals surface area (Å²) in [5.74, 6) is 1.06. The van der Waals surface area contributed by atoms with Crippen LogP contribution in [0.1, 0.15) is 17.1 Å². The van der Waals surface area contributed by atoms with Crippen LogP contribution in [0, 0.1) is 17.0 Å². The SMILES string of the molecule is Cc1ccc(CN(C)S(=O)(=O)Cc2ccc([N+](=O)[O-])cc2)o1. The van der Waals surface area contributed by atoms with Crippen molar-refractivity contribution in [2.75, 3.05) is 7.05 Å². The van der Waals surface area contributed by atoms with Crippen LogP contribution in [0.25, 0.3) is 0 Å². The fraction of sp³-hybridized carbons (Fsp3) is 0.286. The van der Waals surface area contributed by atoms with Crippen molar-refractivity contribution in [3.05, 3.63) is 63.6 Å². The minimum absolute atomic E-state index is 0.0689. The molecule has 8 heteroatoms. The number of benzene rings is 1. The van der Waals surface area contributed by atoms with E-state index in [9.17, 15) is 18.5 Å². The van der Waals surface area contributed by atoms with Gasteiger partial charge in [-0.05, 0) is 24.6 Å². The van der Waals surface area contributed by atoms with E-state index in [1.54, 1.807) is 19.1 Å². The molecule has 0 radical (unpaired) electrons. The molecule has 1 aromatic carbocycles. The molecule has 0 aliphatic rings. The van der Waals surface area contributed by atoms with E-state index >= 15 is 0 Å². The average molecular weight is 324 g/mol. The zero-order chi connectivity index (χ0) is 16.3. The number of hydrogen-bond donors (Lipinski definition) is 0. The summed E-state index contributed by atoms with van der Waals surface area (Å²) in [4.78, 5) is 10.1. The van der Waals surface area contributed by atoms with Gasteiger partial charge in [0.05, 0.1) is 17.2 Å². The molecule has 0 N–H and O–H groups in total. The van der Waals surface area contributed by atoms with Crippen LogP contribution in [0.4, 0.5) is 5.69 Å². The Morgan fingerprint density at radius 3 is 2.32 bits per heavy atom. The number of rotatable bonds is 6. The van der Waals surface area contributed by atoms with Crippen molar-refractivity contribution in [2.24, 2.45) is 0 Å². The second kappa shape index (κ2) is 6.29. The first kappa shape index (κ1) is 16.2. The molecule has 0 saturated heterocycles. The van der Waals surface area contributed by atoms with Crippen LogP contribution in [-0.4, -0.2) is 24.7 Å². The molecule has 0 saturated carbocycles. The van der Waals surface area contributed by atoms with Crippen molar-refractivity contribution in [3.8, 4) is 0 Å². The molecule has 0 atom stereocenters. The molecule has 7 nitrogen and oxygen atoms in total. The predicted molar refractivity (Wildman–Crippen MR) is 80.6 cm³/mol. The Kier molecular flexibility index (Phi) is 4.62. The van der Waals surface area contributed by atoms with Gasteiger partial charge in [0.25, 0.3) is 5.69 Å². The van der Waals surface area contributed by atoms with E-state index in [-0.39, 0.29) is 18.0 Å². The van der Waals surface area contributed by atoms with E-state index in [1.807, 2.05) is 0 Å². The minimum Gasteiger partial charge on any atom is -0.465 e. The zero-order valence-corrected chi connectivity index (χ0v) is 13.0. The van der Waals surface area contributed by atoms with Crippen LogP contribution in [0.3, 0.4) is 0 Å². The number of non-ortho nitro benzene ring substituents is 1. The molecule has 0 fully saturated rings. The number of nitro groups is 1. The van der Waals surface area contributed by atoms with Crippen molar-refractivity contribution in [1.82, 2.24) is 4.31 Å². The Balaban J connectivity index is 2.07. The molecule has 0 amide bonds. The Labute approximate surface area is 128 Å². The van der Waals surface area contributed by atoms with E-state index in [4.69, 9.17) is 4.42 Å². The summed E-state index contributed by atoms with van der Waals surface area (Å²) >= 11 is 0. The van der Waals surface area contributed by atoms with Crippen molar-refractivity contribution in [1.29, 1.82) is 0 Å². The molecule has 0 aliphatic carbocycles. The third-order valence-electron chi connectivity index (χ3n) is 3.15. The maximum Gasteiger partial charge on any atom is 0.269 e. The van der Waals surface area contributed by atoms with Gasteiger partial charge < -0.3 is 4.42 Å². The fourth-order valence-corrected chi connectivity index (χ4v) is 3.08. The average Bonchev–Trinajstić information content (AvgIpc) is 2.84. The lowest BCUT2D eigenvalue weighted by Crippen LogP contribution is -2.27. The van der Waals surface area contributed by atoms with E-state index < -0.39 is 14.9 Å². The number of furan rings is 1. The summed E-state index contributed by atoms with van der Waals surface area (Å²) in [6, 6.07) is 8.97. The summed E-state index contributed by atoms with van der Waals surface area (Å²) in [5, 5.41) is 10.6. The molecule has 1 aromatic heterocycles. The number of hydrogen-bond acceptors (Lipinski definition) is 5. The van der Waals surface area contributed by atoms with Crippen LogP contribution in [0.15, 0.2) is 40.8 Å². The second-order valence-electron chi connectivity index (χ2n) is 4.95. The molecule has 0 spiro atoms. The van der Waals surface area contributed by atoms with E-state index in [0.29, 0.717) is 11.3 Å². The van der Waals surface area contributed by atoms with Gasteiger partial charge in [0.2, 0.25) is 10.0 Å². The topological polar surface area (TPSA) is 93.7 Å². The summed E-state index contributed by atoms with van der Waals surface area (Å²) < 4.78 is 31.1. The fourth-order valence-electron chi connectivity index (χ4n) is 1.92. The lowest BCUT2D eigenvalue weighted by atomic mass is 10.2. The summed E-state index contributed by atoms with van der Waals surface area (Å²) in [6.45, 7) is 1.93. The Bertz CT molecular complexity index is 765. The third kappa shape index (κ3) is 3.92. The third-order valence-corrected chi connectivity index (χ3v) is 4.92. The van der Waals surface area contributed by atoms with Gasteiger partial charge in [0, 0.05) is 19.2 Å². The Hall–Kier alpha value is -2.19. The quantitative estimate of drug-likeness (QED) is 0.601. The van der Waals surface area contributed by atoms with Crippen molar-refractivity contribution in [3.63, 3.8) is 0 Å². The molecule has 0 aliphatic heterocycles. The van der Waals surface area contributed by atoms with E-state index in [2.05, 4.69) is 0 Å². The highest BCUT2D eigenvalue weighted by Gasteiger charge is 2.20. The smallest absolute Gasteiger partial charge is 0.269 e. The van der Waals surface area contributed by atoms with Crippen molar-refractivity contribution < 1.29 is 17.8 Å². The second-order valence-corrected chi connectivity index (χ2v) is 7.02. The van der Waals surface area contributed by atoms with Crippen LogP contribution < -0.4 is 0 Å². The van der Waals surface area contributed by atoms with Crippen LogP contribution >= 0.6 is 0 Å². The zero-order valence-electron chi connectivity index (χ0n) is 12.2. The van der Waals surface area contributed by atoms with Gasteiger partial charge in [-0.2, -0.15) is 4.31 Å². The van der Waals surface area contributed by atoms with Crippen molar-refractivity contribution in [2.45, 2.75) is 19.2 Å².